The summed E-state index contributed by atoms with van der Waals surface area (Å²) >= 11 is 0. The van der Waals surface area contributed by atoms with Gasteiger partial charge >= 0.3 is 0 Å². The fourth-order valence-electron chi connectivity index (χ4n) is 3.76. The van der Waals surface area contributed by atoms with Crippen molar-refractivity contribution in [3.63, 3.8) is 0 Å². The molecule has 5 aromatic rings. The van der Waals surface area contributed by atoms with Crippen LogP contribution in [0.2, 0.25) is 0 Å². The second-order valence-corrected chi connectivity index (χ2v) is 8.03. The molecule has 0 aliphatic heterocycles. The first-order valence-electron chi connectivity index (χ1n) is 10.7. The molecule has 160 valence electrons. The fourth-order valence-corrected chi connectivity index (χ4v) is 3.76. The van der Waals surface area contributed by atoms with Crippen molar-refractivity contribution in [2.45, 2.75) is 32.7 Å². The van der Waals surface area contributed by atoms with Crippen molar-refractivity contribution in [2.24, 2.45) is 0 Å². The number of benzene rings is 2. The molecular formula is C25H23FN6. The lowest BCUT2D eigenvalue weighted by atomic mass is 10.1. The Labute approximate surface area is 185 Å². The van der Waals surface area contributed by atoms with Crippen LogP contribution in [0, 0.1) is 5.82 Å². The van der Waals surface area contributed by atoms with E-state index in [1.54, 1.807) is 18.5 Å². The lowest BCUT2D eigenvalue weighted by molar-refractivity contribution is 0.534. The minimum Gasteiger partial charge on any atom is -0.340 e. The van der Waals surface area contributed by atoms with Gasteiger partial charge in [-0.15, -0.1) is 0 Å². The predicted molar refractivity (Wildman–Crippen MR) is 123 cm³/mol. The largest absolute Gasteiger partial charge is 0.340 e. The summed E-state index contributed by atoms with van der Waals surface area (Å²) in [6, 6.07) is 15.0. The maximum atomic E-state index is 14.1. The van der Waals surface area contributed by atoms with Gasteiger partial charge in [0, 0.05) is 36.6 Å². The summed E-state index contributed by atoms with van der Waals surface area (Å²) < 4.78 is 16.0. The SMILES string of the molecule is CC(C)n1ccc(-c2[nH]c(CCc3ccccc3F)nc2-c2ccc3nccnc3c2)n1. The lowest BCUT2D eigenvalue weighted by Gasteiger charge is -2.04. The summed E-state index contributed by atoms with van der Waals surface area (Å²) in [5.41, 5.74) is 5.71. The highest BCUT2D eigenvalue weighted by Gasteiger charge is 2.18. The van der Waals surface area contributed by atoms with Gasteiger partial charge in [-0.1, -0.05) is 24.3 Å². The molecule has 5 rings (SSSR count). The molecule has 0 amide bonds. The van der Waals surface area contributed by atoms with E-state index >= 15 is 0 Å². The summed E-state index contributed by atoms with van der Waals surface area (Å²) in [7, 11) is 0. The minimum atomic E-state index is -0.191. The number of nitrogens with zero attached hydrogens (tertiary/aromatic N) is 5. The van der Waals surface area contributed by atoms with Gasteiger partial charge in [0.15, 0.2) is 0 Å². The summed E-state index contributed by atoms with van der Waals surface area (Å²) in [6.45, 7) is 4.18. The van der Waals surface area contributed by atoms with Gasteiger partial charge in [0.2, 0.25) is 0 Å². The number of halogens is 1. The van der Waals surface area contributed by atoms with Crippen LogP contribution in [0.25, 0.3) is 33.7 Å². The molecule has 6 nitrogen and oxygen atoms in total. The Kier molecular flexibility index (Phi) is 5.23. The molecule has 7 heteroatoms. The molecule has 0 aliphatic carbocycles. The topological polar surface area (TPSA) is 72.3 Å². The Balaban J connectivity index is 1.55. The van der Waals surface area contributed by atoms with Crippen LogP contribution in [0.1, 0.15) is 31.3 Å². The molecule has 32 heavy (non-hydrogen) atoms. The number of aromatic amines is 1. The quantitative estimate of drug-likeness (QED) is 0.395. The van der Waals surface area contributed by atoms with E-state index in [0.717, 1.165) is 39.5 Å². The Bertz CT molecular complexity index is 1380. The van der Waals surface area contributed by atoms with Gasteiger partial charge in [-0.3, -0.25) is 14.6 Å². The van der Waals surface area contributed by atoms with Gasteiger partial charge in [-0.05, 0) is 50.1 Å². The van der Waals surface area contributed by atoms with E-state index in [2.05, 4.69) is 28.8 Å². The molecule has 3 heterocycles. The summed E-state index contributed by atoms with van der Waals surface area (Å²) in [4.78, 5) is 17.1. The average Bonchev–Trinajstić information content (AvgIpc) is 3.46. The second-order valence-electron chi connectivity index (χ2n) is 8.03. The number of aromatic nitrogens is 6. The van der Waals surface area contributed by atoms with E-state index in [0.29, 0.717) is 18.4 Å². The first kappa shape index (κ1) is 20.1. The zero-order valence-electron chi connectivity index (χ0n) is 18.0. The molecule has 0 bridgehead atoms. The van der Waals surface area contributed by atoms with Crippen molar-refractivity contribution in [1.29, 1.82) is 0 Å². The highest BCUT2D eigenvalue weighted by molar-refractivity contribution is 5.84. The standard InChI is InChI=1S/C25H23FN6/c1-16(2)32-14-11-21(31-32)25-24(18-7-9-20-22(15-18)28-13-12-27-20)29-23(30-25)10-8-17-5-3-4-6-19(17)26/h3-7,9,11-16H,8,10H2,1-2H3,(H,29,30). The van der Waals surface area contributed by atoms with Gasteiger partial charge in [0.05, 0.1) is 22.4 Å². The normalized spacial score (nSPS) is 11.5. The number of hydrogen-bond donors (Lipinski definition) is 1. The third-order valence-electron chi connectivity index (χ3n) is 5.48. The average molecular weight is 426 g/mol. The molecule has 0 spiro atoms. The fraction of sp³-hybridized carbons (Fsp3) is 0.200. The predicted octanol–water partition coefficient (Wildman–Crippen LogP) is 5.39. The first-order valence-corrected chi connectivity index (χ1v) is 10.7. The molecule has 0 aliphatic rings. The minimum absolute atomic E-state index is 0.191. The molecule has 0 saturated heterocycles. The zero-order chi connectivity index (χ0) is 22.1. The number of aryl methyl sites for hydroxylation is 2. The zero-order valence-corrected chi connectivity index (χ0v) is 18.0. The van der Waals surface area contributed by atoms with Crippen molar-refractivity contribution in [2.75, 3.05) is 0 Å². The molecule has 0 fully saturated rings. The maximum Gasteiger partial charge on any atom is 0.126 e. The van der Waals surface area contributed by atoms with E-state index in [1.807, 2.05) is 47.3 Å². The van der Waals surface area contributed by atoms with E-state index in [9.17, 15) is 4.39 Å². The third-order valence-corrected chi connectivity index (χ3v) is 5.48. The van der Waals surface area contributed by atoms with Gasteiger partial charge in [-0.25, -0.2) is 9.37 Å². The van der Waals surface area contributed by atoms with Crippen molar-refractivity contribution in [3.05, 3.63) is 84.3 Å². The first-order chi connectivity index (χ1) is 15.6. The molecule has 2 aromatic carbocycles. The van der Waals surface area contributed by atoms with Crippen LogP contribution in [0.3, 0.4) is 0 Å². The van der Waals surface area contributed by atoms with Gasteiger partial charge in [0.1, 0.15) is 17.3 Å². The van der Waals surface area contributed by atoms with Crippen LogP contribution in [0.5, 0.6) is 0 Å². The maximum absolute atomic E-state index is 14.1. The van der Waals surface area contributed by atoms with Gasteiger partial charge < -0.3 is 4.98 Å². The van der Waals surface area contributed by atoms with Gasteiger partial charge in [0.25, 0.3) is 0 Å². The van der Waals surface area contributed by atoms with Crippen LogP contribution in [-0.2, 0) is 12.8 Å². The second kappa shape index (κ2) is 8.34. The highest BCUT2D eigenvalue weighted by atomic mass is 19.1. The molecule has 0 radical (unpaired) electrons. The van der Waals surface area contributed by atoms with Crippen LogP contribution in [0.4, 0.5) is 4.39 Å². The third kappa shape index (κ3) is 3.89. The number of hydrogen-bond acceptors (Lipinski definition) is 4. The van der Waals surface area contributed by atoms with Crippen molar-refractivity contribution >= 4 is 11.0 Å². The lowest BCUT2D eigenvalue weighted by Crippen LogP contribution is -2.01. The summed E-state index contributed by atoms with van der Waals surface area (Å²) in [5, 5.41) is 4.73. The smallest absolute Gasteiger partial charge is 0.126 e. The molecule has 0 saturated carbocycles. The number of rotatable bonds is 6. The highest BCUT2D eigenvalue weighted by Crippen LogP contribution is 2.31. The van der Waals surface area contributed by atoms with Crippen LogP contribution in [0.15, 0.2) is 67.1 Å². The van der Waals surface area contributed by atoms with Crippen LogP contribution >= 0.6 is 0 Å². The molecule has 0 unspecified atom stereocenters. The molecule has 1 N–H and O–H groups in total. The van der Waals surface area contributed by atoms with Gasteiger partial charge in [-0.2, -0.15) is 5.10 Å². The number of fused-ring (bicyclic) bond motifs is 1. The Morgan fingerprint density at radius 3 is 2.56 bits per heavy atom. The molecule has 0 atom stereocenters. The van der Waals surface area contributed by atoms with E-state index in [-0.39, 0.29) is 11.9 Å². The monoisotopic (exact) mass is 426 g/mol. The van der Waals surface area contributed by atoms with Crippen LogP contribution < -0.4 is 0 Å². The Morgan fingerprint density at radius 2 is 1.78 bits per heavy atom. The van der Waals surface area contributed by atoms with Crippen molar-refractivity contribution < 1.29 is 4.39 Å². The summed E-state index contributed by atoms with van der Waals surface area (Å²) in [5.74, 6) is 0.597. The van der Waals surface area contributed by atoms with E-state index in [1.165, 1.54) is 6.07 Å². The van der Waals surface area contributed by atoms with Crippen LogP contribution in [-0.4, -0.2) is 29.7 Å². The number of nitrogens with one attached hydrogen (secondary N) is 1. The van der Waals surface area contributed by atoms with Crippen molar-refractivity contribution in [1.82, 2.24) is 29.7 Å². The Morgan fingerprint density at radius 1 is 0.969 bits per heavy atom. The molecular weight excluding hydrogens is 403 g/mol. The van der Waals surface area contributed by atoms with E-state index < -0.39 is 0 Å². The molecule has 3 aromatic heterocycles. The number of H-pyrrole nitrogens is 1. The van der Waals surface area contributed by atoms with E-state index in [4.69, 9.17) is 10.1 Å². The summed E-state index contributed by atoms with van der Waals surface area (Å²) in [6.07, 6.45) is 6.48. The Hall–Kier alpha value is -3.87. The number of imidazole rings is 1. The van der Waals surface area contributed by atoms with Crippen molar-refractivity contribution in [3.8, 4) is 22.6 Å².